The van der Waals surface area contributed by atoms with Crippen molar-refractivity contribution in [2.45, 2.75) is 31.3 Å². The van der Waals surface area contributed by atoms with Gasteiger partial charge in [0.05, 0.1) is 16.8 Å². The smallest absolute Gasteiger partial charge is 0.249 e. The van der Waals surface area contributed by atoms with E-state index in [9.17, 15) is 9.59 Å². The van der Waals surface area contributed by atoms with Gasteiger partial charge in [0.1, 0.15) is 6.04 Å². The molecule has 22 heavy (non-hydrogen) atoms. The van der Waals surface area contributed by atoms with Crippen molar-refractivity contribution in [3.05, 3.63) is 29.3 Å². The molecule has 2 heterocycles. The number of benzene rings is 1. The Morgan fingerprint density at radius 1 is 1.36 bits per heavy atom. The largest absolute Gasteiger partial charge is 0.332 e. The second-order valence-corrected chi connectivity index (χ2v) is 6.25. The SMILES string of the molecule is CN(C(=O)C1CCCN1)C1CCN(c2ccccc2Cl)C1=O. The third-order valence-electron chi connectivity index (χ3n) is 4.49. The predicted octanol–water partition coefficient (Wildman–Crippen LogP) is 1.66. The van der Waals surface area contributed by atoms with Crippen molar-refractivity contribution in [2.75, 3.05) is 25.0 Å². The van der Waals surface area contributed by atoms with Crippen molar-refractivity contribution < 1.29 is 9.59 Å². The highest BCUT2D eigenvalue weighted by Crippen LogP contribution is 2.30. The summed E-state index contributed by atoms with van der Waals surface area (Å²) in [6.45, 7) is 1.46. The van der Waals surface area contributed by atoms with Gasteiger partial charge in [0.2, 0.25) is 11.8 Å². The van der Waals surface area contributed by atoms with E-state index in [1.807, 2.05) is 18.2 Å². The fraction of sp³-hybridized carbons (Fsp3) is 0.500. The van der Waals surface area contributed by atoms with Crippen LogP contribution in [-0.2, 0) is 9.59 Å². The molecule has 2 fully saturated rings. The van der Waals surface area contributed by atoms with Crippen LogP contribution in [0.25, 0.3) is 0 Å². The number of carbonyl (C=O) groups is 2. The number of nitrogens with one attached hydrogen (secondary N) is 1. The van der Waals surface area contributed by atoms with Crippen molar-refractivity contribution in [1.82, 2.24) is 10.2 Å². The summed E-state index contributed by atoms with van der Waals surface area (Å²) in [6.07, 6.45) is 2.49. The monoisotopic (exact) mass is 321 g/mol. The second kappa shape index (κ2) is 6.26. The molecule has 0 spiro atoms. The van der Waals surface area contributed by atoms with E-state index in [1.165, 1.54) is 0 Å². The average Bonchev–Trinajstić information content (AvgIpc) is 3.16. The molecule has 0 saturated carbocycles. The fourth-order valence-electron chi connectivity index (χ4n) is 3.23. The van der Waals surface area contributed by atoms with E-state index in [-0.39, 0.29) is 17.9 Å². The summed E-state index contributed by atoms with van der Waals surface area (Å²) < 4.78 is 0. The highest BCUT2D eigenvalue weighted by Gasteiger charge is 2.39. The lowest BCUT2D eigenvalue weighted by molar-refractivity contribution is -0.138. The molecule has 0 aromatic heterocycles. The Hall–Kier alpha value is -1.59. The van der Waals surface area contributed by atoms with Crippen LogP contribution in [0.2, 0.25) is 5.02 Å². The Morgan fingerprint density at radius 2 is 2.14 bits per heavy atom. The summed E-state index contributed by atoms with van der Waals surface area (Å²) >= 11 is 6.18. The first-order chi connectivity index (χ1) is 10.6. The normalized spacial score (nSPS) is 24.8. The molecule has 2 amide bonds. The number of hydrogen-bond donors (Lipinski definition) is 1. The molecule has 2 saturated heterocycles. The van der Waals surface area contributed by atoms with Gasteiger partial charge in [0.25, 0.3) is 0 Å². The Bertz CT molecular complexity index is 587. The zero-order chi connectivity index (χ0) is 15.7. The molecule has 0 radical (unpaired) electrons. The summed E-state index contributed by atoms with van der Waals surface area (Å²) in [5, 5.41) is 3.75. The minimum atomic E-state index is -0.397. The molecule has 2 aliphatic heterocycles. The molecule has 5 nitrogen and oxygen atoms in total. The first kappa shape index (κ1) is 15.3. The maximum Gasteiger partial charge on any atom is 0.249 e. The number of hydrogen-bond acceptors (Lipinski definition) is 3. The fourth-order valence-corrected chi connectivity index (χ4v) is 3.47. The summed E-state index contributed by atoms with van der Waals surface area (Å²) in [6, 6.07) is 6.76. The van der Waals surface area contributed by atoms with Gasteiger partial charge in [0.15, 0.2) is 0 Å². The van der Waals surface area contributed by atoms with E-state index < -0.39 is 6.04 Å². The van der Waals surface area contributed by atoms with Gasteiger partial charge in [-0.05, 0) is 37.9 Å². The molecule has 0 aliphatic carbocycles. The van der Waals surface area contributed by atoms with Crippen LogP contribution in [0.3, 0.4) is 0 Å². The van der Waals surface area contributed by atoms with Gasteiger partial charge in [0, 0.05) is 13.6 Å². The molecular weight excluding hydrogens is 302 g/mol. The van der Waals surface area contributed by atoms with Crippen molar-refractivity contribution in [1.29, 1.82) is 0 Å². The lowest BCUT2D eigenvalue weighted by atomic mass is 10.1. The number of para-hydroxylation sites is 1. The molecule has 0 bridgehead atoms. The number of anilines is 1. The molecule has 1 aromatic rings. The van der Waals surface area contributed by atoms with Gasteiger partial charge in [-0.2, -0.15) is 0 Å². The van der Waals surface area contributed by atoms with Crippen LogP contribution in [0, 0.1) is 0 Å². The van der Waals surface area contributed by atoms with Crippen LogP contribution in [0.1, 0.15) is 19.3 Å². The van der Waals surface area contributed by atoms with Crippen molar-refractivity contribution in [3.8, 4) is 0 Å². The van der Waals surface area contributed by atoms with E-state index in [2.05, 4.69) is 5.32 Å². The summed E-state index contributed by atoms with van der Waals surface area (Å²) in [5.74, 6) is -0.0428. The Morgan fingerprint density at radius 3 is 2.82 bits per heavy atom. The molecule has 3 rings (SSSR count). The molecule has 2 aliphatic rings. The first-order valence-electron chi connectivity index (χ1n) is 7.65. The Balaban J connectivity index is 1.73. The zero-order valence-corrected chi connectivity index (χ0v) is 13.3. The lowest BCUT2D eigenvalue weighted by Gasteiger charge is -2.26. The van der Waals surface area contributed by atoms with E-state index in [0.29, 0.717) is 18.0 Å². The van der Waals surface area contributed by atoms with Gasteiger partial charge in [-0.1, -0.05) is 23.7 Å². The number of carbonyl (C=O) groups excluding carboxylic acids is 2. The van der Waals surface area contributed by atoms with E-state index in [0.717, 1.165) is 25.1 Å². The summed E-state index contributed by atoms with van der Waals surface area (Å²) in [5.41, 5.74) is 0.719. The molecule has 1 aromatic carbocycles. The third-order valence-corrected chi connectivity index (χ3v) is 4.81. The van der Waals surface area contributed by atoms with Gasteiger partial charge in [-0.25, -0.2) is 0 Å². The van der Waals surface area contributed by atoms with Crippen LogP contribution >= 0.6 is 11.6 Å². The quantitative estimate of drug-likeness (QED) is 0.921. The number of amides is 2. The topological polar surface area (TPSA) is 52.7 Å². The van der Waals surface area contributed by atoms with Crippen LogP contribution in [0.4, 0.5) is 5.69 Å². The van der Waals surface area contributed by atoms with Crippen molar-refractivity contribution in [3.63, 3.8) is 0 Å². The van der Waals surface area contributed by atoms with E-state index in [4.69, 9.17) is 11.6 Å². The molecule has 118 valence electrons. The maximum atomic E-state index is 12.7. The van der Waals surface area contributed by atoms with Gasteiger partial charge < -0.3 is 15.1 Å². The van der Waals surface area contributed by atoms with Crippen molar-refractivity contribution in [2.24, 2.45) is 0 Å². The minimum Gasteiger partial charge on any atom is -0.332 e. The number of rotatable bonds is 3. The molecule has 2 atom stereocenters. The maximum absolute atomic E-state index is 12.7. The van der Waals surface area contributed by atoms with E-state index >= 15 is 0 Å². The molecule has 6 heteroatoms. The van der Waals surface area contributed by atoms with E-state index in [1.54, 1.807) is 22.9 Å². The molecular formula is C16H20ClN3O2. The number of likely N-dealkylation sites (N-methyl/N-ethyl adjacent to an activating group) is 1. The second-order valence-electron chi connectivity index (χ2n) is 5.84. The van der Waals surface area contributed by atoms with Gasteiger partial charge >= 0.3 is 0 Å². The third kappa shape index (κ3) is 2.71. The summed E-state index contributed by atoms with van der Waals surface area (Å²) in [4.78, 5) is 28.4. The lowest BCUT2D eigenvalue weighted by Crippen LogP contribution is -2.49. The first-order valence-corrected chi connectivity index (χ1v) is 8.03. The highest BCUT2D eigenvalue weighted by atomic mass is 35.5. The van der Waals surface area contributed by atoms with Crippen LogP contribution in [0.5, 0.6) is 0 Å². The van der Waals surface area contributed by atoms with Crippen molar-refractivity contribution >= 4 is 29.1 Å². The zero-order valence-electron chi connectivity index (χ0n) is 12.6. The standard InChI is InChI=1S/C16H20ClN3O2/c1-19(15(21)12-6-4-9-18-12)14-8-10-20(16(14)22)13-7-3-2-5-11(13)17/h2-3,5,7,12,14,18H,4,6,8-10H2,1H3. The van der Waals surface area contributed by atoms with Gasteiger partial charge in [-0.15, -0.1) is 0 Å². The predicted molar refractivity (Wildman–Crippen MR) is 86.0 cm³/mol. The van der Waals surface area contributed by atoms with Crippen LogP contribution < -0.4 is 10.2 Å². The van der Waals surface area contributed by atoms with Gasteiger partial charge in [-0.3, -0.25) is 9.59 Å². The minimum absolute atomic E-state index is 0.0110. The molecule has 2 unspecified atom stereocenters. The van der Waals surface area contributed by atoms with Crippen LogP contribution in [0.15, 0.2) is 24.3 Å². The molecule has 1 N–H and O–H groups in total. The Labute approximate surface area is 135 Å². The average molecular weight is 322 g/mol. The number of nitrogens with zero attached hydrogens (tertiary/aromatic N) is 2. The Kier molecular flexibility index (Phi) is 4.36. The number of halogens is 1. The highest BCUT2D eigenvalue weighted by molar-refractivity contribution is 6.34. The van der Waals surface area contributed by atoms with Crippen LogP contribution in [-0.4, -0.2) is 48.9 Å². The summed E-state index contributed by atoms with van der Waals surface area (Å²) in [7, 11) is 1.72.